The summed E-state index contributed by atoms with van der Waals surface area (Å²) in [5, 5.41) is 20.8. The van der Waals surface area contributed by atoms with E-state index >= 15 is 0 Å². The van der Waals surface area contributed by atoms with Crippen molar-refractivity contribution in [2.75, 3.05) is 45.5 Å². The highest BCUT2D eigenvalue weighted by Gasteiger charge is 2.16. The lowest BCUT2D eigenvalue weighted by atomic mass is 10.1. The van der Waals surface area contributed by atoms with E-state index in [9.17, 15) is 5.26 Å². The molecule has 168 valence electrons. The minimum atomic E-state index is 0. The van der Waals surface area contributed by atoms with E-state index in [-0.39, 0.29) is 24.0 Å². The van der Waals surface area contributed by atoms with Gasteiger partial charge in [-0.3, -0.25) is 4.99 Å². The summed E-state index contributed by atoms with van der Waals surface area (Å²) in [6.45, 7) is 5.08. The molecule has 0 radical (unpaired) electrons. The quantitative estimate of drug-likeness (QED) is 0.207. The molecule has 31 heavy (non-hydrogen) atoms. The van der Waals surface area contributed by atoms with Gasteiger partial charge in [-0.1, -0.05) is 24.6 Å². The topological polar surface area (TPSA) is 107 Å². The van der Waals surface area contributed by atoms with Gasteiger partial charge in [0.05, 0.1) is 11.4 Å². The van der Waals surface area contributed by atoms with Gasteiger partial charge in [-0.2, -0.15) is 10.4 Å². The molecule has 0 atom stereocenters. The number of hydrogen-bond acceptors (Lipinski definition) is 5. The van der Waals surface area contributed by atoms with Crippen LogP contribution in [0.5, 0.6) is 0 Å². The van der Waals surface area contributed by atoms with Crippen LogP contribution in [0.1, 0.15) is 36.9 Å². The number of nitrogen functional groups attached to an aromatic ring is 1. The summed E-state index contributed by atoms with van der Waals surface area (Å²) >= 11 is 0. The van der Waals surface area contributed by atoms with E-state index in [1.807, 2.05) is 30.3 Å². The van der Waals surface area contributed by atoms with Crippen LogP contribution in [0.25, 0.3) is 5.69 Å². The van der Waals surface area contributed by atoms with Crippen LogP contribution >= 0.6 is 24.0 Å². The van der Waals surface area contributed by atoms with Crippen LogP contribution in [0.3, 0.4) is 0 Å². The highest BCUT2D eigenvalue weighted by molar-refractivity contribution is 14.0. The second-order valence-electron chi connectivity index (χ2n) is 7.50. The van der Waals surface area contributed by atoms with Crippen molar-refractivity contribution in [3.63, 3.8) is 0 Å². The number of halogens is 1. The van der Waals surface area contributed by atoms with Crippen molar-refractivity contribution in [2.24, 2.45) is 4.99 Å². The minimum absolute atomic E-state index is 0. The summed E-state index contributed by atoms with van der Waals surface area (Å²) in [6, 6.07) is 11.8. The first-order chi connectivity index (χ1) is 14.7. The van der Waals surface area contributed by atoms with Crippen LogP contribution in [0.2, 0.25) is 0 Å². The summed E-state index contributed by atoms with van der Waals surface area (Å²) in [7, 11) is 1.78. The summed E-state index contributed by atoms with van der Waals surface area (Å²) < 4.78 is 1.64. The van der Waals surface area contributed by atoms with Crippen molar-refractivity contribution in [2.45, 2.75) is 32.1 Å². The Bertz CT molecular complexity index is 866. The molecule has 0 saturated carbocycles. The third kappa shape index (κ3) is 7.11. The maximum atomic E-state index is 9.51. The van der Waals surface area contributed by atoms with Crippen LogP contribution in [0.4, 0.5) is 5.82 Å². The van der Waals surface area contributed by atoms with Gasteiger partial charge in [0.25, 0.3) is 0 Å². The lowest BCUT2D eigenvalue weighted by molar-refractivity contribution is 0.232. The van der Waals surface area contributed by atoms with Crippen LogP contribution in [-0.2, 0) is 6.42 Å². The Kier molecular flexibility index (Phi) is 10.6. The second-order valence-corrected chi connectivity index (χ2v) is 7.50. The first kappa shape index (κ1) is 24.9. The first-order valence-electron chi connectivity index (χ1n) is 10.7. The average molecular weight is 536 g/mol. The predicted octanol–water partition coefficient (Wildman–Crippen LogP) is 2.53. The fourth-order valence-electron chi connectivity index (χ4n) is 3.74. The van der Waals surface area contributed by atoms with Crippen molar-refractivity contribution in [3.05, 3.63) is 41.6 Å². The number of nitrogens with zero attached hydrogens (tertiary/aromatic N) is 5. The van der Waals surface area contributed by atoms with Crippen molar-refractivity contribution in [1.82, 2.24) is 25.3 Å². The molecule has 2 heterocycles. The van der Waals surface area contributed by atoms with Crippen LogP contribution in [-0.4, -0.2) is 60.4 Å². The van der Waals surface area contributed by atoms with E-state index in [1.165, 1.54) is 32.4 Å². The number of nitriles is 1. The number of rotatable bonds is 8. The third-order valence-corrected chi connectivity index (χ3v) is 5.38. The molecule has 3 rings (SSSR count). The number of nitrogens with one attached hydrogen (secondary N) is 2. The lowest BCUT2D eigenvalue weighted by Gasteiger charge is -2.26. The van der Waals surface area contributed by atoms with Gasteiger partial charge >= 0.3 is 0 Å². The average Bonchev–Trinajstić information content (AvgIpc) is 3.11. The first-order valence-corrected chi connectivity index (χ1v) is 10.7. The molecule has 0 aliphatic carbocycles. The maximum Gasteiger partial charge on any atom is 0.191 e. The Hall–Kier alpha value is -2.32. The third-order valence-electron chi connectivity index (χ3n) is 5.38. The minimum Gasteiger partial charge on any atom is -0.382 e. The molecule has 0 amide bonds. The zero-order valence-corrected chi connectivity index (χ0v) is 20.5. The largest absolute Gasteiger partial charge is 0.382 e. The smallest absolute Gasteiger partial charge is 0.191 e. The number of aromatic nitrogens is 2. The summed E-state index contributed by atoms with van der Waals surface area (Å²) in [5.41, 5.74) is 8.21. The SMILES string of the molecule is CN=C(NCCCc1nn(-c2ccccc2)c(N)c1C#N)NCCN1CCCCC1.I. The number of aryl methyl sites for hydroxylation is 1. The number of likely N-dealkylation sites (tertiary alicyclic amines) is 1. The number of guanidine groups is 1. The highest BCUT2D eigenvalue weighted by Crippen LogP contribution is 2.21. The zero-order valence-electron chi connectivity index (χ0n) is 18.2. The fraction of sp³-hybridized carbons (Fsp3) is 0.500. The molecule has 1 saturated heterocycles. The van der Waals surface area contributed by atoms with E-state index in [1.54, 1.807) is 11.7 Å². The molecule has 8 nitrogen and oxygen atoms in total. The van der Waals surface area contributed by atoms with Crippen LogP contribution < -0.4 is 16.4 Å². The Morgan fingerprint density at radius 3 is 2.55 bits per heavy atom. The number of anilines is 1. The van der Waals surface area contributed by atoms with E-state index in [2.05, 4.69) is 31.7 Å². The highest BCUT2D eigenvalue weighted by atomic mass is 127. The maximum absolute atomic E-state index is 9.51. The van der Waals surface area contributed by atoms with E-state index < -0.39 is 0 Å². The summed E-state index contributed by atoms with van der Waals surface area (Å²) in [5.74, 6) is 1.20. The number of para-hydroxylation sites is 1. The molecule has 0 bridgehead atoms. The lowest BCUT2D eigenvalue weighted by Crippen LogP contribution is -2.42. The standard InChI is InChI=1S/C22H32N8.HI/c1-25-22(27-13-16-29-14-6-3-7-15-29)26-12-8-11-20-19(17-23)21(24)30(28-20)18-9-4-2-5-10-18;/h2,4-5,9-10H,3,6-8,11-16,24H2,1H3,(H2,25,26,27);1H. The Labute approximate surface area is 201 Å². The van der Waals surface area contributed by atoms with Crippen molar-refractivity contribution >= 4 is 35.8 Å². The molecule has 1 aliphatic heterocycles. The van der Waals surface area contributed by atoms with Gasteiger partial charge in [0.15, 0.2) is 5.96 Å². The molecular formula is C22H33IN8. The number of piperidine rings is 1. The second kappa shape index (κ2) is 13.2. The van der Waals surface area contributed by atoms with Gasteiger partial charge in [0.2, 0.25) is 0 Å². The molecule has 0 unspecified atom stereocenters. The van der Waals surface area contributed by atoms with Gasteiger partial charge < -0.3 is 21.3 Å². The number of nitrogens with two attached hydrogens (primary N) is 1. The van der Waals surface area contributed by atoms with Crippen LogP contribution in [0.15, 0.2) is 35.3 Å². The van der Waals surface area contributed by atoms with Crippen molar-refractivity contribution in [1.29, 1.82) is 5.26 Å². The molecule has 1 aromatic carbocycles. The molecule has 1 fully saturated rings. The normalized spacial score (nSPS) is 14.5. The molecule has 4 N–H and O–H groups in total. The zero-order chi connectivity index (χ0) is 21.2. The Balaban J connectivity index is 0.00000341. The number of aliphatic imine (C=N–C) groups is 1. The predicted molar refractivity (Wildman–Crippen MR) is 136 cm³/mol. The molecule has 1 aromatic heterocycles. The van der Waals surface area contributed by atoms with Gasteiger partial charge in [0, 0.05) is 26.7 Å². The van der Waals surface area contributed by atoms with Crippen molar-refractivity contribution in [3.8, 4) is 11.8 Å². The molecule has 0 spiro atoms. The van der Waals surface area contributed by atoms with Gasteiger partial charge in [-0.15, -0.1) is 24.0 Å². The summed E-state index contributed by atoms with van der Waals surface area (Å²) in [6.07, 6.45) is 5.47. The Morgan fingerprint density at radius 1 is 1.16 bits per heavy atom. The van der Waals surface area contributed by atoms with Gasteiger partial charge in [0.1, 0.15) is 17.5 Å². The van der Waals surface area contributed by atoms with Gasteiger partial charge in [-0.05, 0) is 50.9 Å². The molecular weight excluding hydrogens is 503 g/mol. The van der Waals surface area contributed by atoms with E-state index in [0.29, 0.717) is 17.8 Å². The van der Waals surface area contributed by atoms with E-state index in [4.69, 9.17) is 5.73 Å². The molecule has 1 aliphatic rings. The molecule has 2 aromatic rings. The summed E-state index contributed by atoms with van der Waals surface area (Å²) in [4.78, 5) is 6.79. The fourth-order valence-corrected chi connectivity index (χ4v) is 3.74. The van der Waals surface area contributed by atoms with E-state index in [0.717, 1.165) is 43.4 Å². The number of benzene rings is 1. The van der Waals surface area contributed by atoms with Crippen LogP contribution in [0, 0.1) is 11.3 Å². The van der Waals surface area contributed by atoms with Crippen molar-refractivity contribution < 1.29 is 0 Å². The number of hydrogen-bond donors (Lipinski definition) is 3. The molecule has 9 heteroatoms. The Morgan fingerprint density at radius 2 is 1.87 bits per heavy atom. The monoisotopic (exact) mass is 536 g/mol. The van der Waals surface area contributed by atoms with Gasteiger partial charge in [-0.25, -0.2) is 4.68 Å².